The summed E-state index contributed by atoms with van der Waals surface area (Å²) in [5.74, 6) is -1.16. The van der Waals surface area contributed by atoms with Gasteiger partial charge in [0.1, 0.15) is 0 Å². The maximum absolute atomic E-state index is 12.1. The number of benzene rings is 1. The SMILES string of the molecule is COC(=O)c1ccccc1S(=O)(=O)NCC(=O)N(C)C. The van der Waals surface area contributed by atoms with Crippen molar-refractivity contribution in [3.63, 3.8) is 0 Å². The summed E-state index contributed by atoms with van der Waals surface area (Å²) in [6.07, 6.45) is 0. The Morgan fingerprint density at radius 2 is 1.85 bits per heavy atom. The molecule has 1 aromatic carbocycles. The maximum atomic E-state index is 12.1. The van der Waals surface area contributed by atoms with Crippen molar-refractivity contribution in [1.29, 1.82) is 0 Å². The van der Waals surface area contributed by atoms with Gasteiger partial charge in [0.25, 0.3) is 0 Å². The Bertz CT molecular complexity index is 610. The summed E-state index contributed by atoms with van der Waals surface area (Å²) in [4.78, 5) is 24.0. The van der Waals surface area contributed by atoms with E-state index < -0.39 is 21.9 Å². The van der Waals surface area contributed by atoms with Crippen molar-refractivity contribution in [2.45, 2.75) is 4.90 Å². The third-order valence-electron chi connectivity index (χ3n) is 2.49. The molecule has 20 heavy (non-hydrogen) atoms. The zero-order valence-electron chi connectivity index (χ0n) is 11.4. The molecule has 8 heteroatoms. The van der Waals surface area contributed by atoms with Crippen LogP contribution in [0.15, 0.2) is 29.2 Å². The van der Waals surface area contributed by atoms with Crippen molar-refractivity contribution in [2.24, 2.45) is 0 Å². The van der Waals surface area contributed by atoms with Crippen LogP contribution in [0, 0.1) is 0 Å². The van der Waals surface area contributed by atoms with Crippen LogP contribution in [0.3, 0.4) is 0 Å². The van der Waals surface area contributed by atoms with E-state index in [-0.39, 0.29) is 17.0 Å². The quantitative estimate of drug-likeness (QED) is 0.763. The molecule has 0 unspecified atom stereocenters. The number of hydrogen-bond acceptors (Lipinski definition) is 5. The molecule has 0 aliphatic heterocycles. The fourth-order valence-electron chi connectivity index (χ4n) is 1.37. The second kappa shape index (κ2) is 6.49. The molecule has 0 atom stereocenters. The lowest BCUT2D eigenvalue weighted by Crippen LogP contribution is -2.36. The molecule has 1 aromatic rings. The first-order valence-electron chi connectivity index (χ1n) is 5.66. The summed E-state index contributed by atoms with van der Waals surface area (Å²) < 4.78 is 30.9. The first-order chi connectivity index (χ1) is 9.29. The van der Waals surface area contributed by atoms with Gasteiger partial charge in [-0.1, -0.05) is 12.1 Å². The summed E-state index contributed by atoms with van der Waals surface area (Å²) in [6, 6.07) is 5.62. The molecule has 0 heterocycles. The Balaban J connectivity index is 3.04. The van der Waals surface area contributed by atoms with Crippen LogP contribution in [-0.2, 0) is 19.6 Å². The van der Waals surface area contributed by atoms with Crippen molar-refractivity contribution in [2.75, 3.05) is 27.7 Å². The number of nitrogens with zero attached hydrogens (tertiary/aromatic N) is 1. The van der Waals surface area contributed by atoms with Gasteiger partial charge in [-0.3, -0.25) is 4.79 Å². The monoisotopic (exact) mass is 300 g/mol. The number of ether oxygens (including phenoxy) is 1. The molecule has 110 valence electrons. The fourth-order valence-corrected chi connectivity index (χ4v) is 2.54. The van der Waals surface area contributed by atoms with Crippen LogP contribution < -0.4 is 4.72 Å². The van der Waals surface area contributed by atoms with E-state index in [0.717, 1.165) is 7.11 Å². The number of methoxy groups -OCH3 is 1. The number of nitrogens with one attached hydrogen (secondary N) is 1. The van der Waals surface area contributed by atoms with E-state index in [1.54, 1.807) is 0 Å². The molecular formula is C12H16N2O5S. The third kappa shape index (κ3) is 3.78. The van der Waals surface area contributed by atoms with Gasteiger partial charge in [0.15, 0.2) is 0 Å². The first-order valence-corrected chi connectivity index (χ1v) is 7.15. The second-order valence-corrected chi connectivity index (χ2v) is 5.84. The second-order valence-electron chi connectivity index (χ2n) is 4.10. The lowest BCUT2D eigenvalue weighted by molar-refractivity contribution is -0.127. The zero-order valence-corrected chi connectivity index (χ0v) is 12.2. The van der Waals surface area contributed by atoms with Crippen LogP contribution in [0.2, 0.25) is 0 Å². The van der Waals surface area contributed by atoms with Gasteiger partial charge in [-0.15, -0.1) is 0 Å². The maximum Gasteiger partial charge on any atom is 0.339 e. The van der Waals surface area contributed by atoms with Gasteiger partial charge in [-0.05, 0) is 12.1 Å². The number of likely N-dealkylation sites (N-methyl/N-ethyl adjacent to an activating group) is 1. The molecule has 0 aliphatic carbocycles. The highest BCUT2D eigenvalue weighted by molar-refractivity contribution is 7.89. The minimum Gasteiger partial charge on any atom is -0.465 e. The van der Waals surface area contributed by atoms with Crippen molar-refractivity contribution >= 4 is 21.9 Å². The summed E-state index contributed by atoms with van der Waals surface area (Å²) in [7, 11) is 0.214. The van der Waals surface area contributed by atoms with E-state index in [1.807, 2.05) is 0 Å². The topological polar surface area (TPSA) is 92.8 Å². The normalized spacial score (nSPS) is 10.9. The largest absolute Gasteiger partial charge is 0.465 e. The summed E-state index contributed by atoms with van der Waals surface area (Å²) in [6.45, 7) is -0.384. The predicted octanol–water partition coefficient (Wildman–Crippen LogP) is -0.160. The van der Waals surface area contributed by atoms with Gasteiger partial charge >= 0.3 is 5.97 Å². The smallest absolute Gasteiger partial charge is 0.339 e. The Morgan fingerprint density at radius 1 is 1.25 bits per heavy atom. The highest BCUT2D eigenvalue weighted by Gasteiger charge is 2.23. The number of hydrogen-bond donors (Lipinski definition) is 1. The van der Waals surface area contributed by atoms with Crippen LogP contribution in [0.25, 0.3) is 0 Å². The first kappa shape index (κ1) is 16.1. The van der Waals surface area contributed by atoms with Gasteiger partial charge in [-0.25, -0.2) is 17.9 Å². The van der Waals surface area contributed by atoms with Gasteiger partial charge in [0.05, 0.1) is 24.1 Å². The van der Waals surface area contributed by atoms with E-state index in [2.05, 4.69) is 9.46 Å². The third-order valence-corrected chi connectivity index (χ3v) is 3.95. The number of rotatable bonds is 5. The molecule has 0 radical (unpaired) electrons. The Labute approximate surface area is 117 Å². The van der Waals surface area contributed by atoms with Gasteiger partial charge in [-0.2, -0.15) is 0 Å². The Kier molecular flexibility index (Phi) is 5.23. The Morgan fingerprint density at radius 3 is 2.40 bits per heavy atom. The standard InChI is InChI=1S/C12H16N2O5S/c1-14(2)11(15)8-13-20(17,18)10-7-5-4-6-9(10)12(16)19-3/h4-7,13H,8H2,1-3H3. The Hall–Kier alpha value is -1.93. The van der Waals surface area contributed by atoms with Crippen molar-refractivity contribution in [3.05, 3.63) is 29.8 Å². The van der Waals surface area contributed by atoms with Crippen molar-refractivity contribution in [3.8, 4) is 0 Å². The molecule has 1 amide bonds. The van der Waals surface area contributed by atoms with Crippen LogP contribution in [0.4, 0.5) is 0 Å². The zero-order chi connectivity index (χ0) is 15.3. The summed E-state index contributed by atoms with van der Waals surface area (Å²) >= 11 is 0. The van der Waals surface area contributed by atoms with E-state index in [0.29, 0.717) is 0 Å². The van der Waals surface area contributed by atoms with E-state index in [4.69, 9.17) is 0 Å². The van der Waals surface area contributed by atoms with Crippen LogP contribution in [0.1, 0.15) is 10.4 Å². The molecular weight excluding hydrogens is 284 g/mol. The molecule has 0 spiro atoms. The van der Waals surface area contributed by atoms with Gasteiger partial charge in [0.2, 0.25) is 15.9 Å². The summed E-state index contributed by atoms with van der Waals surface area (Å²) in [5, 5.41) is 0. The number of carbonyl (C=O) groups is 2. The van der Waals surface area contributed by atoms with E-state index in [1.165, 1.54) is 43.3 Å². The molecule has 0 aliphatic rings. The average Bonchev–Trinajstić information content (AvgIpc) is 2.43. The van der Waals surface area contributed by atoms with Gasteiger partial charge < -0.3 is 9.64 Å². The number of carbonyl (C=O) groups excluding carboxylic acids is 2. The number of sulfonamides is 1. The lowest BCUT2D eigenvalue weighted by atomic mass is 10.2. The molecule has 7 nitrogen and oxygen atoms in total. The van der Waals surface area contributed by atoms with E-state index in [9.17, 15) is 18.0 Å². The van der Waals surface area contributed by atoms with Crippen LogP contribution in [0.5, 0.6) is 0 Å². The van der Waals surface area contributed by atoms with Crippen LogP contribution in [-0.4, -0.2) is 52.9 Å². The molecule has 1 N–H and O–H groups in total. The summed E-state index contributed by atoms with van der Waals surface area (Å²) in [5.41, 5.74) is -0.0835. The van der Waals surface area contributed by atoms with Crippen molar-refractivity contribution < 1.29 is 22.7 Å². The number of esters is 1. The fraction of sp³-hybridized carbons (Fsp3) is 0.333. The predicted molar refractivity (Wildman–Crippen MR) is 71.7 cm³/mol. The lowest BCUT2D eigenvalue weighted by Gasteiger charge is -2.12. The molecule has 0 saturated carbocycles. The van der Waals surface area contributed by atoms with Crippen molar-refractivity contribution in [1.82, 2.24) is 9.62 Å². The molecule has 0 bridgehead atoms. The molecule has 0 saturated heterocycles. The molecule has 1 rings (SSSR count). The highest BCUT2D eigenvalue weighted by Crippen LogP contribution is 2.16. The van der Waals surface area contributed by atoms with Crippen LogP contribution >= 0.6 is 0 Å². The number of amides is 1. The minimum absolute atomic E-state index is 0.0835. The highest BCUT2D eigenvalue weighted by atomic mass is 32.2. The molecule has 0 fully saturated rings. The molecule has 0 aromatic heterocycles. The van der Waals surface area contributed by atoms with Gasteiger partial charge in [0, 0.05) is 14.1 Å². The minimum atomic E-state index is -3.97. The van der Waals surface area contributed by atoms with E-state index >= 15 is 0 Å². The average molecular weight is 300 g/mol.